The van der Waals surface area contributed by atoms with Gasteiger partial charge < -0.3 is 5.32 Å². The van der Waals surface area contributed by atoms with Gasteiger partial charge in [-0.2, -0.15) is 0 Å². The third-order valence-electron chi connectivity index (χ3n) is 3.11. The predicted octanol–water partition coefficient (Wildman–Crippen LogP) is 2.67. The van der Waals surface area contributed by atoms with Crippen molar-refractivity contribution in [1.29, 1.82) is 0 Å². The molecule has 2 unspecified atom stereocenters. The molecule has 1 heteroatoms. The fraction of sp³-hybridized carbons (Fsp3) is 0.500. The lowest BCUT2D eigenvalue weighted by atomic mass is 9.84. The van der Waals surface area contributed by atoms with Gasteiger partial charge in [-0.25, -0.2) is 0 Å². The summed E-state index contributed by atoms with van der Waals surface area (Å²) < 4.78 is 0. The second kappa shape index (κ2) is 3.51. The van der Waals surface area contributed by atoms with Crippen molar-refractivity contribution >= 4 is 0 Å². The van der Waals surface area contributed by atoms with Crippen LogP contribution in [0.25, 0.3) is 0 Å². The minimum atomic E-state index is 0.625. The SMILES string of the molecule is CCC1c2ccccc2CNC1C. The van der Waals surface area contributed by atoms with Crippen LogP contribution in [0.5, 0.6) is 0 Å². The molecule has 1 aromatic rings. The molecule has 1 N–H and O–H groups in total. The Morgan fingerprint density at radius 1 is 1.38 bits per heavy atom. The number of hydrogen-bond acceptors (Lipinski definition) is 1. The molecule has 0 bridgehead atoms. The molecule has 0 aromatic heterocycles. The molecule has 1 nitrogen and oxygen atoms in total. The van der Waals surface area contributed by atoms with Gasteiger partial charge >= 0.3 is 0 Å². The van der Waals surface area contributed by atoms with E-state index in [0.717, 1.165) is 6.54 Å². The zero-order valence-corrected chi connectivity index (χ0v) is 8.38. The van der Waals surface area contributed by atoms with Gasteiger partial charge in [-0.05, 0) is 30.4 Å². The summed E-state index contributed by atoms with van der Waals surface area (Å²) in [6, 6.07) is 9.42. The summed E-state index contributed by atoms with van der Waals surface area (Å²) in [5.41, 5.74) is 3.03. The summed E-state index contributed by atoms with van der Waals surface area (Å²) in [4.78, 5) is 0. The fourth-order valence-electron chi connectivity index (χ4n) is 2.31. The van der Waals surface area contributed by atoms with Crippen LogP contribution in [0.4, 0.5) is 0 Å². The highest BCUT2D eigenvalue weighted by Crippen LogP contribution is 2.29. The smallest absolute Gasteiger partial charge is 0.0211 e. The molecule has 1 aliphatic rings. The lowest BCUT2D eigenvalue weighted by Gasteiger charge is -2.31. The number of hydrogen-bond donors (Lipinski definition) is 1. The monoisotopic (exact) mass is 175 g/mol. The standard InChI is InChI=1S/C12H17N/c1-3-11-9(2)13-8-10-6-4-5-7-12(10)11/h4-7,9,11,13H,3,8H2,1-2H3. The zero-order valence-electron chi connectivity index (χ0n) is 8.38. The Hall–Kier alpha value is -0.820. The first-order valence-corrected chi connectivity index (χ1v) is 5.14. The van der Waals surface area contributed by atoms with E-state index >= 15 is 0 Å². The van der Waals surface area contributed by atoms with Crippen molar-refractivity contribution in [2.75, 3.05) is 0 Å². The average molecular weight is 175 g/mol. The predicted molar refractivity (Wildman–Crippen MR) is 55.8 cm³/mol. The van der Waals surface area contributed by atoms with E-state index in [9.17, 15) is 0 Å². The van der Waals surface area contributed by atoms with Gasteiger partial charge in [0.25, 0.3) is 0 Å². The Kier molecular flexibility index (Phi) is 2.36. The second-order valence-electron chi connectivity index (χ2n) is 3.88. The Bertz CT molecular complexity index is 293. The van der Waals surface area contributed by atoms with E-state index in [1.54, 1.807) is 5.56 Å². The molecule has 2 rings (SSSR count). The highest BCUT2D eigenvalue weighted by molar-refractivity contribution is 5.33. The Morgan fingerprint density at radius 3 is 2.92 bits per heavy atom. The van der Waals surface area contributed by atoms with Gasteiger partial charge in [0, 0.05) is 12.6 Å². The van der Waals surface area contributed by atoms with Crippen molar-refractivity contribution in [3.8, 4) is 0 Å². The lowest BCUT2D eigenvalue weighted by molar-refractivity contribution is 0.419. The Labute approximate surface area is 80.2 Å². The van der Waals surface area contributed by atoms with E-state index in [1.165, 1.54) is 12.0 Å². The summed E-state index contributed by atoms with van der Waals surface area (Å²) in [6.07, 6.45) is 1.23. The van der Waals surface area contributed by atoms with E-state index in [-0.39, 0.29) is 0 Å². The molecule has 0 aliphatic carbocycles. The van der Waals surface area contributed by atoms with Crippen molar-refractivity contribution in [3.63, 3.8) is 0 Å². The van der Waals surface area contributed by atoms with E-state index in [0.29, 0.717) is 12.0 Å². The van der Waals surface area contributed by atoms with Crippen LogP contribution < -0.4 is 5.32 Å². The third kappa shape index (κ3) is 1.49. The molecule has 0 radical (unpaired) electrons. The molecule has 1 aliphatic heterocycles. The van der Waals surface area contributed by atoms with E-state index in [2.05, 4.69) is 43.4 Å². The summed E-state index contributed by atoms with van der Waals surface area (Å²) in [5, 5.41) is 3.54. The third-order valence-corrected chi connectivity index (χ3v) is 3.11. The van der Waals surface area contributed by atoms with Crippen LogP contribution in [0.1, 0.15) is 37.3 Å². The van der Waals surface area contributed by atoms with E-state index in [4.69, 9.17) is 0 Å². The van der Waals surface area contributed by atoms with Crippen molar-refractivity contribution in [3.05, 3.63) is 35.4 Å². The normalized spacial score (nSPS) is 26.9. The van der Waals surface area contributed by atoms with E-state index in [1.807, 2.05) is 0 Å². The summed E-state index contributed by atoms with van der Waals surface area (Å²) in [7, 11) is 0. The minimum Gasteiger partial charge on any atom is -0.310 e. The molecule has 2 atom stereocenters. The van der Waals surface area contributed by atoms with Gasteiger partial charge in [0.1, 0.15) is 0 Å². The zero-order chi connectivity index (χ0) is 9.26. The highest BCUT2D eigenvalue weighted by atomic mass is 14.9. The van der Waals surface area contributed by atoms with Gasteiger partial charge in [0.15, 0.2) is 0 Å². The first-order chi connectivity index (χ1) is 6.33. The van der Waals surface area contributed by atoms with Crippen molar-refractivity contribution in [2.24, 2.45) is 0 Å². The molecule has 70 valence electrons. The molecule has 0 spiro atoms. The summed E-state index contributed by atoms with van der Waals surface area (Å²) >= 11 is 0. The topological polar surface area (TPSA) is 12.0 Å². The van der Waals surface area contributed by atoms with Crippen molar-refractivity contribution in [1.82, 2.24) is 5.32 Å². The maximum absolute atomic E-state index is 3.54. The van der Waals surface area contributed by atoms with Crippen LogP contribution in [-0.2, 0) is 6.54 Å². The first kappa shape index (κ1) is 8.76. The van der Waals surface area contributed by atoms with E-state index < -0.39 is 0 Å². The minimum absolute atomic E-state index is 0.625. The molecule has 1 aromatic carbocycles. The van der Waals surface area contributed by atoms with Crippen LogP contribution >= 0.6 is 0 Å². The molecular weight excluding hydrogens is 158 g/mol. The van der Waals surface area contributed by atoms with Crippen LogP contribution in [0.2, 0.25) is 0 Å². The molecule has 0 saturated heterocycles. The Balaban J connectivity index is 2.39. The fourth-order valence-corrected chi connectivity index (χ4v) is 2.31. The number of nitrogens with one attached hydrogen (secondary N) is 1. The average Bonchev–Trinajstić information content (AvgIpc) is 2.18. The maximum Gasteiger partial charge on any atom is 0.0211 e. The van der Waals surface area contributed by atoms with Crippen LogP contribution in [0, 0.1) is 0 Å². The lowest BCUT2D eigenvalue weighted by Crippen LogP contribution is -2.36. The van der Waals surface area contributed by atoms with Gasteiger partial charge in [-0.15, -0.1) is 0 Å². The summed E-state index contributed by atoms with van der Waals surface area (Å²) in [5.74, 6) is 0.699. The molecular formula is C12H17N. The molecule has 0 fully saturated rings. The number of benzene rings is 1. The van der Waals surface area contributed by atoms with Crippen LogP contribution in [0.15, 0.2) is 24.3 Å². The second-order valence-corrected chi connectivity index (χ2v) is 3.88. The molecule has 13 heavy (non-hydrogen) atoms. The van der Waals surface area contributed by atoms with Crippen LogP contribution in [0.3, 0.4) is 0 Å². The van der Waals surface area contributed by atoms with Crippen molar-refractivity contribution in [2.45, 2.75) is 38.8 Å². The molecule has 0 amide bonds. The molecule has 0 saturated carbocycles. The number of fused-ring (bicyclic) bond motifs is 1. The van der Waals surface area contributed by atoms with Gasteiger partial charge in [-0.1, -0.05) is 31.2 Å². The quantitative estimate of drug-likeness (QED) is 0.692. The largest absolute Gasteiger partial charge is 0.310 e. The van der Waals surface area contributed by atoms with Crippen LogP contribution in [-0.4, -0.2) is 6.04 Å². The summed E-state index contributed by atoms with van der Waals surface area (Å²) in [6.45, 7) is 5.59. The maximum atomic E-state index is 3.54. The number of rotatable bonds is 1. The highest BCUT2D eigenvalue weighted by Gasteiger charge is 2.23. The van der Waals surface area contributed by atoms with Crippen molar-refractivity contribution < 1.29 is 0 Å². The first-order valence-electron chi connectivity index (χ1n) is 5.14. The van der Waals surface area contributed by atoms with Gasteiger partial charge in [0.05, 0.1) is 0 Å². The molecule has 1 heterocycles. The Morgan fingerprint density at radius 2 is 2.15 bits per heavy atom. The van der Waals surface area contributed by atoms with Gasteiger partial charge in [-0.3, -0.25) is 0 Å². The van der Waals surface area contributed by atoms with Gasteiger partial charge in [0.2, 0.25) is 0 Å².